The highest BCUT2D eigenvalue weighted by atomic mass is 19.1. The first-order chi connectivity index (χ1) is 11.5. The van der Waals surface area contributed by atoms with E-state index in [0.717, 1.165) is 23.8 Å². The molecule has 5 nitrogen and oxygen atoms in total. The number of ether oxygens (including phenoxy) is 1. The molecule has 1 aromatic heterocycles. The van der Waals surface area contributed by atoms with Crippen LogP contribution in [0, 0.1) is 11.6 Å². The second-order valence-corrected chi connectivity index (χ2v) is 5.43. The Morgan fingerprint density at radius 3 is 2.58 bits per heavy atom. The van der Waals surface area contributed by atoms with Crippen molar-refractivity contribution in [2.24, 2.45) is 0 Å². The molecule has 24 heavy (non-hydrogen) atoms. The maximum Gasteiger partial charge on any atom is 0.356 e. The van der Waals surface area contributed by atoms with Gasteiger partial charge in [-0.1, -0.05) is 6.07 Å². The van der Waals surface area contributed by atoms with Crippen LogP contribution in [-0.4, -0.2) is 24.0 Å². The van der Waals surface area contributed by atoms with Gasteiger partial charge in [0.05, 0.1) is 13.7 Å². The lowest BCUT2D eigenvalue weighted by Crippen LogP contribution is -2.35. The Bertz CT molecular complexity index is 803. The normalized spacial score (nSPS) is 13.6. The van der Waals surface area contributed by atoms with Crippen LogP contribution in [0.25, 0.3) is 0 Å². The summed E-state index contributed by atoms with van der Waals surface area (Å²) in [5.74, 6) is -1.95. The first-order valence-corrected chi connectivity index (χ1v) is 7.31. The van der Waals surface area contributed by atoms with Crippen LogP contribution in [0.15, 0.2) is 30.3 Å². The van der Waals surface area contributed by atoms with Crippen molar-refractivity contribution in [3.05, 3.63) is 58.8 Å². The van der Waals surface area contributed by atoms with E-state index in [4.69, 9.17) is 0 Å². The third-order valence-corrected chi connectivity index (χ3v) is 3.78. The number of hydrogen-bond acceptors (Lipinski definition) is 4. The molecule has 0 spiro atoms. The molecular weight excluding hydrogens is 318 g/mol. The SMILES string of the molecule is COC(=O)c1ccc2c(n1)N(Cc1cc(F)cc(F)c1)C(=O)CC2. The average molecular weight is 332 g/mol. The van der Waals surface area contributed by atoms with Gasteiger partial charge in [0.15, 0.2) is 5.69 Å². The molecule has 124 valence electrons. The van der Waals surface area contributed by atoms with Crippen molar-refractivity contribution in [2.45, 2.75) is 19.4 Å². The van der Waals surface area contributed by atoms with Crippen molar-refractivity contribution in [3.63, 3.8) is 0 Å². The van der Waals surface area contributed by atoms with Crippen molar-refractivity contribution >= 4 is 17.7 Å². The topological polar surface area (TPSA) is 59.5 Å². The number of halogens is 2. The predicted octanol–water partition coefficient (Wildman–Crippen LogP) is 2.63. The number of amides is 1. The minimum Gasteiger partial charge on any atom is -0.464 e. The average Bonchev–Trinajstić information content (AvgIpc) is 2.55. The number of rotatable bonds is 3. The van der Waals surface area contributed by atoms with Gasteiger partial charge >= 0.3 is 5.97 Å². The van der Waals surface area contributed by atoms with Crippen molar-refractivity contribution in [3.8, 4) is 0 Å². The number of esters is 1. The van der Waals surface area contributed by atoms with Gasteiger partial charge in [-0.2, -0.15) is 0 Å². The molecule has 0 fully saturated rings. The molecule has 3 rings (SSSR count). The van der Waals surface area contributed by atoms with E-state index < -0.39 is 17.6 Å². The lowest BCUT2D eigenvalue weighted by molar-refractivity contribution is -0.119. The summed E-state index contributed by atoms with van der Waals surface area (Å²) >= 11 is 0. The number of carbonyl (C=O) groups is 2. The van der Waals surface area contributed by atoms with Gasteiger partial charge in [-0.3, -0.25) is 9.69 Å². The van der Waals surface area contributed by atoms with Crippen molar-refractivity contribution in [1.82, 2.24) is 4.98 Å². The number of aryl methyl sites for hydroxylation is 1. The molecule has 0 saturated carbocycles. The summed E-state index contributed by atoms with van der Waals surface area (Å²) in [6, 6.07) is 6.33. The predicted molar refractivity (Wildman–Crippen MR) is 81.4 cm³/mol. The van der Waals surface area contributed by atoms with Crippen LogP contribution in [0.2, 0.25) is 0 Å². The van der Waals surface area contributed by atoms with Gasteiger partial charge < -0.3 is 4.74 Å². The smallest absolute Gasteiger partial charge is 0.356 e. The molecule has 1 aliphatic rings. The van der Waals surface area contributed by atoms with Gasteiger partial charge in [0, 0.05) is 12.5 Å². The zero-order valence-electron chi connectivity index (χ0n) is 12.9. The second-order valence-electron chi connectivity index (χ2n) is 5.43. The third-order valence-electron chi connectivity index (χ3n) is 3.78. The van der Waals surface area contributed by atoms with E-state index >= 15 is 0 Å². The lowest BCUT2D eigenvalue weighted by atomic mass is 10.0. The largest absolute Gasteiger partial charge is 0.464 e. The molecule has 2 aromatic rings. The number of anilines is 1. The van der Waals surface area contributed by atoms with E-state index in [9.17, 15) is 18.4 Å². The molecule has 0 radical (unpaired) electrons. The first kappa shape index (κ1) is 16.0. The fourth-order valence-electron chi connectivity index (χ4n) is 2.67. The number of carbonyl (C=O) groups excluding carboxylic acids is 2. The van der Waals surface area contributed by atoms with E-state index in [1.807, 2.05) is 0 Å². The van der Waals surface area contributed by atoms with E-state index in [1.54, 1.807) is 6.07 Å². The molecule has 7 heteroatoms. The molecule has 2 heterocycles. The molecule has 0 saturated heterocycles. The quantitative estimate of drug-likeness (QED) is 0.811. The maximum atomic E-state index is 13.4. The highest BCUT2D eigenvalue weighted by Gasteiger charge is 2.27. The second kappa shape index (κ2) is 6.35. The molecule has 0 unspecified atom stereocenters. The van der Waals surface area contributed by atoms with E-state index in [0.29, 0.717) is 17.8 Å². The van der Waals surface area contributed by atoms with Gasteiger partial charge in [-0.25, -0.2) is 18.6 Å². The molecular formula is C17H14F2N2O3. The molecule has 0 aliphatic carbocycles. The Labute approximate surface area is 136 Å². The zero-order chi connectivity index (χ0) is 17.3. The molecule has 0 bridgehead atoms. The highest BCUT2D eigenvalue weighted by molar-refractivity contribution is 5.96. The van der Waals surface area contributed by atoms with Crippen molar-refractivity contribution in [2.75, 3.05) is 12.0 Å². The van der Waals surface area contributed by atoms with Gasteiger partial charge in [0.1, 0.15) is 17.5 Å². The number of fused-ring (bicyclic) bond motifs is 1. The van der Waals surface area contributed by atoms with E-state index in [-0.39, 0.29) is 24.6 Å². The van der Waals surface area contributed by atoms with E-state index in [2.05, 4.69) is 9.72 Å². The summed E-state index contributed by atoms with van der Waals surface area (Å²) < 4.78 is 31.4. The molecule has 0 atom stereocenters. The van der Waals surface area contributed by atoms with Crippen LogP contribution in [0.1, 0.15) is 28.0 Å². The Morgan fingerprint density at radius 1 is 1.21 bits per heavy atom. The number of hydrogen-bond donors (Lipinski definition) is 0. The van der Waals surface area contributed by atoms with Crippen molar-refractivity contribution in [1.29, 1.82) is 0 Å². The van der Waals surface area contributed by atoms with Gasteiger partial charge in [-0.05, 0) is 35.7 Å². The Morgan fingerprint density at radius 2 is 1.92 bits per heavy atom. The monoisotopic (exact) mass is 332 g/mol. The molecule has 1 amide bonds. The maximum absolute atomic E-state index is 13.4. The van der Waals surface area contributed by atoms with Gasteiger partial charge in [0.2, 0.25) is 5.91 Å². The minimum atomic E-state index is -0.717. The Kier molecular flexibility index (Phi) is 4.24. The highest BCUT2D eigenvalue weighted by Crippen LogP contribution is 2.28. The number of aromatic nitrogens is 1. The number of benzene rings is 1. The van der Waals surface area contributed by atoms with E-state index in [1.165, 1.54) is 18.1 Å². The molecule has 0 N–H and O–H groups in total. The van der Waals surface area contributed by atoms with Crippen LogP contribution in [0.5, 0.6) is 0 Å². The lowest BCUT2D eigenvalue weighted by Gasteiger charge is -2.28. The van der Waals surface area contributed by atoms with Crippen LogP contribution < -0.4 is 4.90 Å². The summed E-state index contributed by atoms with van der Waals surface area (Å²) in [5.41, 5.74) is 1.17. The molecule has 1 aliphatic heterocycles. The number of pyridine rings is 1. The standard InChI is InChI=1S/C17H14F2N2O3/c1-24-17(23)14-4-2-11-3-5-15(22)21(16(11)20-14)9-10-6-12(18)8-13(19)7-10/h2,4,6-8H,3,5,9H2,1H3. The van der Waals surface area contributed by atoms with Crippen LogP contribution >= 0.6 is 0 Å². The summed E-state index contributed by atoms with van der Waals surface area (Å²) in [6.07, 6.45) is 0.765. The Hall–Kier alpha value is -2.83. The van der Waals surface area contributed by atoms with Gasteiger partial charge in [-0.15, -0.1) is 0 Å². The number of methoxy groups -OCH3 is 1. The first-order valence-electron chi connectivity index (χ1n) is 7.31. The van der Waals surface area contributed by atoms with Crippen LogP contribution in [0.3, 0.4) is 0 Å². The summed E-state index contributed by atoms with van der Waals surface area (Å²) in [5, 5.41) is 0. The Balaban J connectivity index is 1.99. The summed E-state index contributed by atoms with van der Waals surface area (Å²) in [6.45, 7) is -0.0296. The minimum absolute atomic E-state index is 0.0296. The third kappa shape index (κ3) is 3.10. The summed E-state index contributed by atoms with van der Waals surface area (Å²) in [7, 11) is 1.24. The van der Waals surface area contributed by atoms with Gasteiger partial charge in [0.25, 0.3) is 0 Å². The molecule has 1 aromatic carbocycles. The summed E-state index contributed by atoms with van der Waals surface area (Å²) in [4.78, 5) is 29.4. The fourth-order valence-corrected chi connectivity index (χ4v) is 2.67. The fraction of sp³-hybridized carbons (Fsp3) is 0.235. The zero-order valence-corrected chi connectivity index (χ0v) is 12.9. The van der Waals surface area contributed by atoms with Crippen LogP contribution in [-0.2, 0) is 22.5 Å². The van der Waals surface area contributed by atoms with Crippen molar-refractivity contribution < 1.29 is 23.1 Å². The van der Waals surface area contributed by atoms with Crippen LogP contribution in [0.4, 0.5) is 14.6 Å². The number of nitrogens with zero attached hydrogens (tertiary/aromatic N) is 2.